The van der Waals surface area contributed by atoms with Gasteiger partial charge in [-0.05, 0) is 44.5 Å². The summed E-state index contributed by atoms with van der Waals surface area (Å²) in [6.45, 7) is 1.70. The van der Waals surface area contributed by atoms with E-state index in [0.29, 0.717) is 12.1 Å². The lowest BCUT2D eigenvalue weighted by Crippen LogP contribution is -2.38. The van der Waals surface area contributed by atoms with Crippen molar-refractivity contribution in [1.82, 2.24) is 4.90 Å². The van der Waals surface area contributed by atoms with Gasteiger partial charge in [-0.25, -0.2) is 8.78 Å². The second-order valence-electron chi connectivity index (χ2n) is 5.35. The number of hydrogen-bond donors (Lipinski definition) is 1. The van der Waals surface area contributed by atoms with E-state index in [-0.39, 0.29) is 18.7 Å². The average molecular weight is 284 g/mol. The molecular weight excluding hydrogens is 262 g/mol. The predicted octanol–water partition coefficient (Wildman–Crippen LogP) is 2.47. The molecule has 20 heavy (non-hydrogen) atoms. The topological polar surface area (TPSA) is 38.5 Å². The van der Waals surface area contributed by atoms with Gasteiger partial charge in [-0.3, -0.25) is 4.90 Å². The summed E-state index contributed by atoms with van der Waals surface area (Å²) in [6.07, 6.45) is 3.41. The van der Waals surface area contributed by atoms with E-state index < -0.39 is 11.6 Å². The molecule has 112 valence electrons. The standard InChI is InChI=1S/C15H22F2N2O/c1-19(10-12-4-2-3-7-20-12)15(9-18)13-8-11(16)5-6-14(13)17/h5-6,8,12,15H,2-4,7,9-10,18H2,1H3. The van der Waals surface area contributed by atoms with Crippen molar-refractivity contribution in [1.29, 1.82) is 0 Å². The summed E-state index contributed by atoms with van der Waals surface area (Å²) < 4.78 is 32.9. The zero-order valence-electron chi connectivity index (χ0n) is 11.8. The minimum atomic E-state index is -0.442. The Morgan fingerprint density at radius 2 is 2.20 bits per heavy atom. The predicted molar refractivity (Wildman–Crippen MR) is 74.4 cm³/mol. The van der Waals surface area contributed by atoms with Gasteiger partial charge in [0.1, 0.15) is 11.6 Å². The number of nitrogens with zero attached hydrogens (tertiary/aromatic N) is 1. The number of halogens is 2. The zero-order valence-corrected chi connectivity index (χ0v) is 11.8. The van der Waals surface area contributed by atoms with Crippen LogP contribution in [-0.4, -0.2) is 37.7 Å². The lowest BCUT2D eigenvalue weighted by Gasteiger charge is -2.32. The third kappa shape index (κ3) is 3.75. The minimum Gasteiger partial charge on any atom is -0.377 e. The van der Waals surface area contributed by atoms with Gasteiger partial charge in [-0.15, -0.1) is 0 Å². The van der Waals surface area contributed by atoms with Gasteiger partial charge < -0.3 is 10.5 Å². The Kier molecular flexibility index (Phi) is 5.46. The van der Waals surface area contributed by atoms with E-state index in [9.17, 15) is 8.78 Å². The molecule has 3 nitrogen and oxygen atoms in total. The highest BCUT2D eigenvalue weighted by Gasteiger charge is 2.23. The third-order valence-electron chi connectivity index (χ3n) is 3.84. The van der Waals surface area contributed by atoms with Crippen LogP contribution in [-0.2, 0) is 4.74 Å². The Hall–Kier alpha value is -1.04. The molecule has 2 N–H and O–H groups in total. The highest BCUT2D eigenvalue weighted by molar-refractivity contribution is 5.22. The van der Waals surface area contributed by atoms with Crippen molar-refractivity contribution >= 4 is 0 Å². The molecule has 0 bridgehead atoms. The van der Waals surface area contributed by atoms with Gasteiger partial charge in [0.2, 0.25) is 0 Å². The van der Waals surface area contributed by atoms with Crippen molar-refractivity contribution in [3.05, 3.63) is 35.4 Å². The lowest BCUT2D eigenvalue weighted by atomic mass is 10.0. The maximum atomic E-state index is 13.9. The van der Waals surface area contributed by atoms with E-state index in [1.54, 1.807) is 0 Å². The summed E-state index contributed by atoms with van der Waals surface area (Å²) in [5, 5.41) is 0. The van der Waals surface area contributed by atoms with Crippen LogP contribution in [0.25, 0.3) is 0 Å². The molecule has 0 aliphatic carbocycles. The molecule has 5 heteroatoms. The molecule has 2 unspecified atom stereocenters. The van der Waals surface area contributed by atoms with Crippen molar-refractivity contribution in [2.45, 2.75) is 31.4 Å². The molecule has 1 aliphatic heterocycles. The first-order valence-electron chi connectivity index (χ1n) is 7.08. The van der Waals surface area contributed by atoms with E-state index in [4.69, 9.17) is 10.5 Å². The maximum Gasteiger partial charge on any atom is 0.128 e. The SMILES string of the molecule is CN(CC1CCCCO1)C(CN)c1cc(F)ccc1F. The molecule has 1 aliphatic rings. The smallest absolute Gasteiger partial charge is 0.128 e. The summed E-state index contributed by atoms with van der Waals surface area (Å²) in [6, 6.07) is 3.16. The summed E-state index contributed by atoms with van der Waals surface area (Å²) in [5.74, 6) is -0.861. The molecule has 0 aromatic heterocycles. The molecule has 1 heterocycles. The van der Waals surface area contributed by atoms with E-state index >= 15 is 0 Å². The normalized spacial score (nSPS) is 21.1. The van der Waals surface area contributed by atoms with Gasteiger partial charge in [0.15, 0.2) is 0 Å². The molecular formula is C15H22F2N2O. The molecule has 0 radical (unpaired) electrons. The van der Waals surface area contributed by atoms with Gasteiger partial charge in [0.05, 0.1) is 6.10 Å². The molecule has 0 saturated carbocycles. The molecule has 1 aromatic rings. The Labute approximate surface area is 118 Å². The van der Waals surface area contributed by atoms with Gasteiger partial charge in [-0.2, -0.15) is 0 Å². The maximum absolute atomic E-state index is 13.9. The Morgan fingerprint density at radius 3 is 2.85 bits per heavy atom. The quantitative estimate of drug-likeness (QED) is 0.902. The van der Waals surface area contributed by atoms with Gasteiger partial charge in [0, 0.05) is 31.3 Å². The van der Waals surface area contributed by atoms with Crippen LogP contribution in [0, 0.1) is 11.6 Å². The zero-order chi connectivity index (χ0) is 14.5. The van der Waals surface area contributed by atoms with Crippen molar-refractivity contribution in [3.8, 4) is 0 Å². The van der Waals surface area contributed by atoms with Crippen molar-refractivity contribution < 1.29 is 13.5 Å². The Bertz CT molecular complexity index is 436. The summed E-state index contributed by atoms with van der Waals surface area (Å²) in [7, 11) is 1.87. The van der Waals surface area contributed by atoms with Crippen molar-refractivity contribution in [2.75, 3.05) is 26.7 Å². The monoisotopic (exact) mass is 284 g/mol. The molecule has 2 atom stereocenters. The van der Waals surface area contributed by atoms with E-state index in [1.807, 2.05) is 11.9 Å². The second-order valence-corrected chi connectivity index (χ2v) is 5.35. The first kappa shape index (κ1) is 15.4. The number of nitrogens with two attached hydrogens (primary N) is 1. The fraction of sp³-hybridized carbons (Fsp3) is 0.600. The largest absolute Gasteiger partial charge is 0.377 e. The molecule has 1 fully saturated rings. The molecule has 1 aromatic carbocycles. The van der Waals surface area contributed by atoms with Crippen LogP contribution in [0.5, 0.6) is 0 Å². The lowest BCUT2D eigenvalue weighted by molar-refractivity contribution is -0.00801. The van der Waals surface area contributed by atoms with Crippen LogP contribution >= 0.6 is 0 Å². The fourth-order valence-corrected chi connectivity index (χ4v) is 2.71. The minimum absolute atomic E-state index is 0.152. The number of ether oxygens (including phenoxy) is 1. The highest BCUT2D eigenvalue weighted by atomic mass is 19.1. The van der Waals surface area contributed by atoms with Crippen LogP contribution in [0.4, 0.5) is 8.78 Å². The summed E-state index contributed by atoms with van der Waals surface area (Å²) in [4.78, 5) is 1.95. The number of benzene rings is 1. The van der Waals surface area contributed by atoms with Gasteiger partial charge in [-0.1, -0.05) is 0 Å². The first-order chi connectivity index (χ1) is 9.61. The average Bonchev–Trinajstić information content (AvgIpc) is 2.44. The fourth-order valence-electron chi connectivity index (χ4n) is 2.71. The molecule has 0 amide bonds. The second kappa shape index (κ2) is 7.11. The van der Waals surface area contributed by atoms with Crippen LogP contribution < -0.4 is 5.73 Å². The van der Waals surface area contributed by atoms with Crippen molar-refractivity contribution in [2.24, 2.45) is 5.73 Å². The molecule has 0 spiro atoms. The summed E-state index contributed by atoms with van der Waals surface area (Å²) >= 11 is 0. The van der Waals surface area contributed by atoms with Gasteiger partial charge in [0.25, 0.3) is 0 Å². The number of hydrogen-bond acceptors (Lipinski definition) is 3. The highest BCUT2D eigenvalue weighted by Crippen LogP contribution is 2.24. The van der Waals surface area contributed by atoms with E-state index in [0.717, 1.165) is 38.0 Å². The van der Waals surface area contributed by atoms with E-state index in [2.05, 4.69) is 0 Å². The number of likely N-dealkylation sites (N-methyl/N-ethyl adjacent to an activating group) is 1. The Morgan fingerprint density at radius 1 is 1.40 bits per heavy atom. The Balaban J connectivity index is 2.07. The number of rotatable bonds is 5. The molecule has 2 rings (SSSR count). The van der Waals surface area contributed by atoms with Crippen LogP contribution in [0.3, 0.4) is 0 Å². The van der Waals surface area contributed by atoms with Crippen LogP contribution in [0.2, 0.25) is 0 Å². The molecule has 1 saturated heterocycles. The van der Waals surface area contributed by atoms with Crippen LogP contribution in [0.1, 0.15) is 30.9 Å². The first-order valence-corrected chi connectivity index (χ1v) is 7.08. The summed E-state index contributed by atoms with van der Waals surface area (Å²) in [5.41, 5.74) is 6.07. The van der Waals surface area contributed by atoms with Gasteiger partial charge >= 0.3 is 0 Å². The van der Waals surface area contributed by atoms with E-state index in [1.165, 1.54) is 6.07 Å². The third-order valence-corrected chi connectivity index (χ3v) is 3.84. The van der Waals surface area contributed by atoms with Crippen LogP contribution in [0.15, 0.2) is 18.2 Å². The van der Waals surface area contributed by atoms with Crippen molar-refractivity contribution in [3.63, 3.8) is 0 Å².